The summed E-state index contributed by atoms with van der Waals surface area (Å²) in [6, 6.07) is 0. The van der Waals surface area contributed by atoms with Crippen LogP contribution in [0, 0.1) is 10.8 Å². The molecule has 1 rings (SSSR count). The normalized spacial score (nSPS) is 30.5. The number of nitrogens with two attached hydrogens (primary N) is 1. The molecule has 0 spiro atoms. The zero-order valence-electron chi connectivity index (χ0n) is 9.23. The Balaban J connectivity index is 2.73. The van der Waals surface area contributed by atoms with Gasteiger partial charge in [-0.15, -0.1) is 0 Å². The van der Waals surface area contributed by atoms with Crippen LogP contribution in [0.3, 0.4) is 0 Å². The van der Waals surface area contributed by atoms with Crippen molar-refractivity contribution >= 4 is 11.8 Å². The maximum Gasteiger partial charge on any atom is -0.000532 e. The molecule has 0 aromatic heterocycles. The quantitative estimate of drug-likeness (QED) is 0.743. The molecule has 2 heteroatoms. The van der Waals surface area contributed by atoms with Gasteiger partial charge in [-0.2, -0.15) is 11.8 Å². The number of hydrogen-bond acceptors (Lipinski definition) is 2. The first-order valence-electron chi connectivity index (χ1n) is 5.30. The maximum atomic E-state index is 5.73. The Morgan fingerprint density at radius 1 is 1.38 bits per heavy atom. The fraction of sp³-hybridized carbons (Fsp3) is 1.00. The molecule has 0 radical (unpaired) electrons. The fourth-order valence-electron chi connectivity index (χ4n) is 2.29. The summed E-state index contributed by atoms with van der Waals surface area (Å²) in [5.74, 6) is 2.66. The van der Waals surface area contributed by atoms with Crippen LogP contribution in [0.25, 0.3) is 0 Å². The number of hydrogen-bond donors (Lipinski definition) is 1. The van der Waals surface area contributed by atoms with Crippen LogP contribution in [0.5, 0.6) is 0 Å². The molecule has 2 N–H and O–H groups in total. The van der Waals surface area contributed by atoms with E-state index in [0.29, 0.717) is 10.8 Å². The summed E-state index contributed by atoms with van der Waals surface area (Å²) in [5.41, 5.74) is 6.65. The molecule has 13 heavy (non-hydrogen) atoms. The van der Waals surface area contributed by atoms with Crippen LogP contribution in [-0.2, 0) is 0 Å². The Bertz CT molecular complexity index is 148. The Morgan fingerprint density at radius 2 is 2.08 bits per heavy atom. The average Bonchev–Trinajstić information content (AvgIpc) is 2.04. The Kier molecular flexibility index (Phi) is 3.70. The van der Waals surface area contributed by atoms with E-state index in [4.69, 9.17) is 5.73 Å². The fourth-order valence-corrected chi connectivity index (χ4v) is 3.90. The molecule has 1 heterocycles. The lowest BCUT2D eigenvalue weighted by Crippen LogP contribution is -2.41. The van der Waals surface area contributed by atoms with Crippen LogP contribution in [0.1, 0.15) is 40.0 Å². The van der Waals surface area contributed by atoms with Crippen molar-refractivity contribution in [2.45, 2.75) is 40.0 Å². The van der Waals surface area contributed by atoms with Gasteiger partial charge in [0.1, 0.15) is 0 Å². The van der Waals surface area contributed by atoms with E-state index in [9.17, 15) is 0 Å². The molecule has 0 aliphatic carbocycles. The van der Waals surface area contributed by atoms with Crippen molar-refractivity contribution in [3.05, 3.63) is 0 Å². The molecule has 1 aliphatic rings. The summed E-state index contributed by atoms with van der Waals surface area (Å²) in [6.07, 6.45) is 3.95. The van der Waals surface area contributed by atoms with Crippen molar-refractivity contribution in [1.29, 1.82) is 0 Å². The summed E-state index contributed by atoms with van der Waals surface area (Å²) in [6.45, 7) is 7.95. The number of thioether (sulfide) groups is 1. The van der Waals surface area contributed by atoms with Gasteiger partial charge in [0.15, 0.2) is 0 Å². The molecule has 1 fully saturated rings. The highest BCUT2D eigenvalue weighted by Crippen LogP contribution is 2.49. The Hall–Kier alpha value is 0.310. The van der Waals surface area contributed by atoms with Crippen LogP contribution in [0.2, 0.25) is 0 Å². The average molecular weight is 201 g/mol. The first-order valence-corrected chi connectivity index (χ1v) is 6.45. The zero-order valence-corrected chi connectivity index (χ0v) is 10.0. The lowest BCUT2D eigenvalue weighted by Gasteiger charge is -2.47. The minimum absolute atomic E-state index is 0.416. The van der Waals surface area contributed by atoms with E-state index in [1.54, 1.807) is 0 Å². The van der Waals surface area contributed by atoms with Crippen molar-refractivity contribution in [3.63, 3.8) is 0 Å². The minimum atomic E-state index is 0.416. The summed E-state index contributed by atoms with van der Waals surface area (Å²) in [7, 11) is 0. The van der Waals surface area contributed by atoms with Crippen LogP contribution in [-0.4, -0.2) is 18.1 Å². The summed E-state index contributed by atoms with van der Waals surface area (Å²) < 4.78 is 0. The van der Waals surface area contributed by atoms with Crippen LogP contribution in [0.4, 0.5) is 0 Å². The van der Waals surface area contributed by atoms with Crippen molar-refractivity contribution < 1.29 is 0 Å². The van der Waals surface area contributed by atoms with Gasteiger partial charge in [0, 0.05) is 0 Å². The Labute approximate surface area is 86.8 Å². The molecule has 1 aliphatic heterocycles. The standard InChI is InChI=1S/C11H23NS/c1-10(2,3)11(6-7-12)5-4-8-13-9-11/h4-9,12H2,1-3H3. The highest BCUT2D eigenvalue weighted by molar-refractivity contribution is 7.99. The van der Waals surface area contributed by atoms with Gasteiger partial charge in [0.05, 0.1) is 0 Å². The van der Waals surface area contributed by atoms with Gasteiger partial charge in [-0.05, 0) is 48.1 Å². The molecule has 0 aromatic rings. The van der Waals surface area contributed by atoms with Crippen molar-refractivity contribution in [1.82, 2.24) is 0 Å². The van der Waals surface area contributed by atoms with E-state index in [-0.39, 0.29) is 0 Å². The van der Waals surface area contributed by atoms with Gasteiger partial charge in [0.2, 0.25) is 0 Å². The smallest absolute Gasteiger partial charge is 0.000532 e. The van der Waals surface area contributed by atoms with Gasteiger partial charge in [-0.25, -0.2) is 0 Å². The second-order valence-electron chi connectivity index (χ2n) is 5.23. The third kappa shape index (κ3) is 2.41. The molecular formula is C11H23NS. The van der Waals surface area contributed by atoms with E-state index in [1.807, 2.05) is 0 Å². The van der Waals surface area contributed by atoms with E-state index < -0.39 is 0 Å². The molecule has 1 nitrogen and oxygen atoms in total. The van der Waals surface area contributed by atoms with Crippen molar-refractivity contribution in [2.75, 3.05) is 18.1 Å². The topological polar surface area (TPSA) is 26.0 Å². The molecule has 1 atom stereocenters. The summed E-state index contributed by atoms with van der Waals surface area (Å²) >= 11 is 2.11. The zero-order chi connectivity index (χ0) is 9.95. The predicted octanol–water partition coefficient (Wildman–Crippen LogP) is 2.89. The summed E-state index contributed by atoms with van der Waals surface area (Å²) in [5, 5.41) is 0. The molecule has 0 aromatic carbocycles. The minimum Gasteiger partial charge on any atom is -0.330 e. The lowest BCUT2D eigenvalue weighted by atomic mass is 9.63. The van der Waals surface area contributed by atoms with Gasteiger partial charge >= 0.3 is 0 Å². The van der Waals surface area contributed by atoms with Gasteiger partial charge < -0.3 is 5.73 Å². The van der Waals surface area contributed by atoms with E-state index in [2.05, 4.69) is 32.5 Å². The molecule has 78 valence electrons. The molecule has 0 saturated carbocycles. The summed E-state index contributed by atoms with van der Waals surface area (Å²) in [4.78, 5) is 0. The molecule has 0 bridgehead atoms. The molecule has 1 saturated heterocycles. The largest absolute Gasteiger partial charge is 0.330 e. The maximum absolute atomic E-state index is 5.73. The van der Waals surface area contributed by atoms with E-state index in [1.165, 1.54) is 30.8 Å². The Morgan fingerprint density at radius 3 is 2.46 bits per heavy atom. The second-order valence-corrected chi connectivity index (χ2v) is 6.33. The number of rotatable bonds is 2. The van der Waals surface area contributed by atoms with Crippen LogP contribution >= 0.6 is 11.8 Å². The predicted molar refractivity (Wildman–Crippen MR) is 62.1 cm³/mol. The van der Waals surface area contributed by atoms with E-state index >= 15 is 0 Å². The highest BCUT2D eigenvalue weighted by atomic mass is 32.2. The first-order chi connectivity index (χ1) is 6.02. The van der Waals surface area contributed by atoms with Crippen LogP contribution in [0.15, 0.2) is 0 Å². The monoisotopic (exact) mass is 201 g/mol. The van der Waals surface area contributed by atoms with Gasteiger partial charge in [0.25, 0.3) is 0 Å². The van der Waals surface area contributed by atoms with Crippen LogP contribution < -0.4 is 5.73 Å². The van der Waals surface area contributed by atoms with Gasteiger partial charge in [-0.1, -0.05) is 20.8 Å². The van der Waals surface area contributed by atoms with E-state index in [0.717, 1.165) is 6.54 Å². The molecule has 0 amide bonds. The SMILES string of the molecule is CC(C)(C)C1(CCN)CCCSC1. The highest BCUT2D eigenvalue weighted by Gasteiger charge is 2.41. The van der Waals surface area contributed by atoms with Crippen molar-refractivity contribution in [2.24, 2.45) is 16.6 Å². The molecule has 1 unspecified atom stereocenters. The van der Waals surface area contributed by atoms with Crippen molar-refractivity contribution in [3.8, 4) is 0 Å². The lowest BCUT2D eigenvalue weighted by molar-refractivity contribution is 0.0895. The first kappa shape index (κ1) is 11.4. The third-order valence-corrected chi connectivity index (χ3v) is 4.87. The second kappa shape index (κ2) is 4.22. The molecular weight excluding hydrogens is 178 g/mol. The third-order valence-electron chi connectivity index (χ3n) is 3.54. The van der Waals surface area contributed by atoms with Gasteiger partial charge in [-0.3, -0.25) is 0 Å².